The van der Waals surface area contributed by atoms with Crippen LogP contribution in [0.15, 0.2) is 10.4 Å². The van der Waals surface area contributed by atoms with E-state index in [1.807, 2.05) is 0 Å². The molecule has 0 saturated carbocycles. The molecule has 10 heavy (non-hydrogen) atoms. The summed E-state index contributed by atoms with van der Waals surface area (Å²) in [5.41, 5.74) is 4.79. The number of amides is 2. The number of aromatic nitrogens is 2. The number of hydrogen-bond donors (Lipinski definition) is 2. The summed E-state index contributed by atoms with van der Waals surface area (Å²) in [6, 6.07) is -0.585. The van der Waals surface area contributed by atoms with Gasteiger partial charge in [-0.2, -0.15) is 0 Å². The van der Waals surface area contributed by atoms with Gasteiger partial charge in [-0.05, 0) is 11.5 Å². The molecular weight excluding hydrogens is 172 g/mol. The fourth-order valence-corrected chi connectivity index (χ4v) is 1.28. The van der Waals surface area contributed by atoms with Gasteiger partial charge in [0, 0.05) is 17.3 Å². The van der Waals surface area contributed by atoms with Crippen LogP contribution in [0.3, 0.4) is 0 Å². The van der Waals surface area contributed by atoms with Crippen LogP contribution >= 0.6 is 23.5 Å². The Bertz CT molecular complexity index is 210. The van der Waals surface area contributed by atoms with Gasteiger partial charge < -0.3 is 5.73 Å². The number of urea groups is 1. The first-order valence-electron chi connectivity index (χ1n) is 2.28. The lowest BCUT2D eigenvalue weighted by Gasteiger charge is -1.92. The summed E-state index contributed by atoms with van der Waals surface area (Å²) in [5, 5.41) is 6.00. The molecule has 54 valence electrons. The second-order valence-electron chi connectivity index (χ2n) is 1.31. The molecule has 0 aliphatic rings. The highest BCUT2D eigenvalue weighted by Crippen LogP contribution is 2.10. The minimum absolute atomic E-state index is 0.585. The average Bonchev–Trinajstić information content (AvgIpc) is 2.34. The largest absolute Gasteiger partial charge is 0.351 e. The van der Waals surface area contributed by atoms with E-state index in [1.54, 1.807) is 5.38 Å². The number of rotatable bonds is 2. The number of carbonyl (C=O) groups excluding carboxylic acids is 1. The van der Waals surface area contributed by atoms with Gasteiger partial charge in [-0.25, -0.2) is 4.79 Å². The summed E-state index contributed by atoms with van der Waals surface area (Å²) < 4.78 is 5.89. The second kappa shape index (κ2) is 3.37. The van der Waals surface area contributed by atoms with E-state index < -0.39 is 6.03 Å². The number of hydrogen-bond acceptors (Lipinski definition) is 5. The lowest BCUT2D eigenvalue weighted by atomic mass is 11.0. The summed E-state index contributed by atoms with van der Waals surface area (Å²) in [4.78, 5) is 10.1. The Kier molecular flexibility index (Phi) is 2.46. The predicted molar refractivity (Wildman–Crippen MR) is 38.5 cm³/mol. The summed E-state index contributed by atoms with van der Waals surface area (Å²) in [5.74, 6) is 0. The van der Waals surface area contributed by atoms with Gasteiger partial charge in [-0.3, -0.25) is 4.72 Å². The Morgan fingerprint density at radius 2 is 2.70 bits per heavy atom. The van der Waals surface area contributed by atoms with E-state index in [0.29, 0.717) is 5.03 Å². The molecule has 5 nitrogen and oxygen atoms in total. The Labute approximate surface area is 65.3 Å². The van der Waals surface area contributed by atoms with E-state index in [2.05, 4.69) is 14.3 Å². The van der Waals surface area contributed by atoms with Crippen molar-refractivity contribution in [1.29, 1.82) is 0 Å². The monoisotopic (exact) mass is 176 g/mol. The Morgan fingerprint density at radius 3 is 3.20 bits per heavy atom. The first-order valence-corrected chi connectivity index (χ1v) is 3.93. The molecule has 1 heterocycles. The number of nitrogens with zero attached hydrogens (tertiary/aromatic N) is 2. The van der Waals surface area contributed by atoms with E-state index in [0.717, 1.165) is 11.9 Å². The summed E-state index contributed by atoms with van der Waals surface area (Å²) in [6.07, 6.45) is 0. The van der Waals surface area contributed by atoms with Crippen LogP contribution in [0.2, 0.25) is 0 Å². The van der Waals surface area contributed by atoms with Gasteiger partial charge in [0.2, 0.25) is 0 Å². The molecular formula is C3H4N4OS2. The highest BCUT2D eigenvalue weighted by molar-refractivity contribution is 7.97. The molecule has 0 unspecified atom stereocenters. The van der Waals surface area contributed by atoms with Gasteiger partial charge in [0.25, 0.3) is 0 Å². The molecule has 0 spiro atoms. The molecule has 0 aromatic carbocycles. The first kappa shape index (κ1) is 7.29. The third-order valence-electron chi connectivity index (χ3n) is 0.596. The quantitative estimate of drug-likeness (QED) is 0.631. The van der Waals surface area contributed by atoms with Crippen molar-refractivity contribution in [2.24, 2.45) is 5.73 Å². The fourth-order valence-electron chi connectivity index (χ4n) is 0.303. The summed E-state index contributed by atoms with van der Waals surface area (Å²) in [7, 11) is 0. The molecule has 7 heteroatoms. The van der Waals surface area contributed by atoms with Gasteiger partial charge >= 0.3 is 6.03 Å². The van der Waals surface area contributed by atoms with Crippen molar-refractivity contribution in [1.82, 2.24) is 14.3 Å². The van der Waals surface area contributed by atoms with Gasteiger partial charge in [0.1, 0.15) is 0 Å². The third-order valence-corrected chi connectivity index (χ3v) is 1.96. The zero-order valence-electron chi connectivity index (χ0n) is 4.77. The lowest BCUT2D eigenvalue weighted by molar-refractivity contribution is 0.254. The van der Waals surface area contributed by atoms with E-state index in [9.17, 15) is 4.79 Å². The molecule has 3 N–H and O–H groups in total. The van der Waals surface area contributed by atoms with Crippen LogP contribution in [0.4, 0.5) is 4.79 Å². The Hall–Kier alpha value is -0.820. The maximum Gasteiger partial charge on any atom is 0.322 e. The molecule has 0 fully saturated rings. The van der Waals surface area contributed by atoms with E-state index >= 15 is 0 Å². The Morgan fingerprint density at radius 1 is 1.90 bits per heavy atom. The maximum atomic E-state index is 10.1. The number of nitrogens with two attached hydrogens (primary N) is 1. The summed E-state index contributed by atoms with van der Waals surface area (Å²) in [6.45, 7) is 0. The first-order chi connectivity index (χ1) is 4.79. The highest BCUT2D eigenvalue weighted by atomic mass is 32.2. The van der Waals surface area contributed by atoms with Crippen LogP contribution < -0.4 is 10.5 Å². The molecule has 0 aliphatic heterocycles. The predicted octanol–water partition coefficient (Wildman–Crippen LogP) is 0.214. The molecule has 0 radical (unpaired) electrons. The molecule has 0 aliphatic carbocycles. The minimum atomic E-state index is -0.585. The van der Waals surface area contributed by atoms with E-state index in [4.69, 9.17) is 5.73 Å². The third kappa shape index (κ3) is 2.19. The average molecular weight is 176 g/mol. The number of nitrogens with one attached hydrogen (secondary N) is 1. The second-order valence-corrected chi connectivity index (χ2v) is 2.75. The standard InChI is InChI=1S/C3H4N4OS2/c4-3(8)6-10-2-1-9-7-5-2/h1H,(H3,4,6,8). The minimum Gasteiger partial charge on any atom is -0.351 e. The zero-order chi connectivity index (χ0) is 7.40. The van der Waals surface area contributed by atoms with Crippen LogP contribution in [0, 0.1) is 0 Å². The van der Waals surface area contributed by atoms with Crippen molar-refractivity contribution in [2.45, 2.75) is 5.03 Å². The van der Waals surface area contributed by atoms with Gasteiger partial charge in [-0.1, -0.05) is 4.49 Å². The molecule has 0 saturated heterocycles. The SMILES string of the molecule is NC(=O)NSc1csnn1. The fraction of sp³-hybridized carbons (Fsp3) is 0. The van der Waals surface area contributed by atoms with E-state index in [-0.39, 0.29) is 0 Å². The van der Waals surface area contributed by atoms with Crippen molar-refractivity contribution in [3.8, 4) is 0 Å². The van der Waals surface area contributed by atoms with Crippen molar-refractivity contribution in [3.63, 3.8) is 0 Å². The van der Waals surface area contributed by atoms with Crippen molar-refractivity contribution >= 4 is 29.5 Å². The zero-order valence-corrected chi connectivity index (χ0v) is 6.41. The molecule has 2 amide bonds. The van der Waals surface area contributed by atoms with E-state index in [1.165, 1.54) is 11.5 Å². The lowest BCUT2D eigenvalue weighted by Crippen LogP contribution is -2.22. The van der Waals surface area contributed by atoms with Crippen molar-refractivity contribution in [3.05, 3.63) is 5.38 Å². The molecule has 0 atom stereocenters. The van der Waals surface area contributed by atoms with Crippen LogP contribution in [0.25, 0.3) is 0 Å². The van der Waals surface area contributed by atoms with Crippen molar-refractivity contribution < 1.29 is 4.79 Å². The molecule has 1 aromatic rings. The van der Waals surface area contributed by atoms with Crippen molar-refractivity contribution in [2.75, 3.05) is 0 Å². The Balaban J connectivity index is 2.35. The van der Waals surface area contributed by atoms with Crippen LogP contribution in [-0.2, 0) is 0 Å². The van der Waals surface area contributed by atoms with Crippen LogP contribution in [-0.4, -0.2) is 15.6 Å². The highest BCUT2D eigenvalue weighted by Gasteiger charge is 1.97. The molecule has 1 rings (SSSR count). The van der Waals surface area contributed by atoms with Gasteiger partial charge in [0.05, 0.1) is 0 Å². The molecule has 0 bridgehead atoms. The van der Waals surface area contributed by atoms with Gasteiger partial charge in [0.15, 0.2) is 5.03 Å². The van der Waals surface area contributed by atoms with Crippen LogP contribution in [0.1, 0.15) is 0 Å². The van der Waals surface area contributed by atoms with Crippen LogP contribution in [0.5, 0.6) is 0 Å². The normalized spacial score (nSPS) is 9.20. The number of carbonyl (C=O) groups is 1. The molecule has 1 aromatic heterocycles. The van der Waals surface area contributed by atoms with Gasteiger partial charge in [-0.15, -0.1) is 5.10 Å². The number of primary amides is 1. The topological polar surface area (TPSA) is 80.9 Å². The maximum absolute atomic E-state index is 10.1. The smallest absolute Gasteiger partial charge is 0.322 e. The summed E-state index contributed by atoms with van der Waals surface area (Å²) >= 11 is 2.26.